The first-order valence-corrected chi connectivity index (χ1v) is 12.5. The average Bonchev–Trinajstić information content (AvgIpc) is 2.71. The molecule has 0 aliphatic heterocycles. The number of likely N-dealkylation sites (N-methyl/N-ethyl adjacent to an activating group) is 1. The van der Waals surface area contributed by atoms with Crippen LogP contribution in [0.2, 0.25) is 5.02 Å². The lowest BCUT2D eigenvalue weighted by Gasteiger charge is -2.32. The molecule has 0 bridgehead atoms. The standard InChI is InChI=1S/C23H30ClN3O4S/c1-6-25-23(29)18(4)26(14-19-10-7-9-16(2)13-19)22(28)15-27(32(5,30)31)21-12-8-11-20(24)17(21)3/h7-13,18H,6,14-15H2,1-5H3,(H,25,29)/t18-/m0/s1. The molecule has 0 spiro atoms. The number of carbonyl (C=O) groups excluding carboxylic acids is 2. The van der Waals surface area contributed by atoms with Gasteiger partial charge in [-0.1, -0.05) is 47.5 Å². The molecule has 0 saturated heterocycles. The van der Waals surface area contributed by atoms with Crippen LogP contribution < -0.4 is 9.62 Å². The van der Waals surface area contributed by atoms with Gasteiger partial charge in [0, 0.05) is 18.1 Å². The first-order valence-electron chi connectivity index (χ1n) is 10.3. The van der Waals surface area contributed by atoms with Crippen molar-refractivity contribution in [2.75, 3.05) is 23.7 Å². The third-order valence-electron chi connectivity index (χ3n) is 5.14. The first-order chi connectivity index (χ1) is 15.0. The number of nitrogens with zero attached hydrogens (tertiary/aromatic N) is 2. The summed E-state index contributed by atoms with van der Waals surface area (Å²) in [7, 11) is -3.79. The van der Waals surface area contributed by atoms with Crippen molar-refractivity contribution in [1.82, 2.24) is 10.2 Å². The van der Waals surface area contributed by atoms with Crippen molar-refractivity contribution in [3.8, 4) is 0 Å². The summed E-state index contributed by atoms with van der Waals surface area (Å²) < 4.78 is 26.2. The monoisotopic (exact) mass is 479 g/mol. The number of aryl methyl sites for hydroxylation is 1. The molecule has 0 aromatic heterocycles. The first kappa shape index (κ1) is 25.7. The Bertz CT molecular complexity index is 1090. The summed E-state index contributed by atoms with van der Waals surface area (Å²) in [5.74, 6) is -0.798. The van der Waals surface area contributed by atoms with Crippen molar-refractivity contribution < 1.29 is 18.0 Å². The van der Waals surface area contributed by atoms with Crippen molar-refractivity contribution in [2.45, 2.75) is 40.3 Å². The lowest BCUT2D eigenvalue weighted by molar-refractivity contribution is -0.139. The molecule has 1 N–H and O–H groups in total. The average molecular weight is 480 g/mol. The maximum atomic E-state index is 13.4. The third kappa shape index (κ3) is 6.46. The molecular weight excluding hydrogens is 450 g/mol. The van der Waals surface area contributed by atoms with Crippen LogP contribution in [0, 0.1) is 13.8 Å². The predicted octanol–water partition coefficient (Wildman–Crippen LogP) is 3.28. The summed E-state index contributed by atoms with van der Waals surface area (Å²) >= 11 is 6.19. The number of sulfonamides is 1. The van der Waals surface area contributed by atoms with Crippen molar-refractivity contribution in [1.29, 1.82) is 0 Å². The number of halogens is 1. The summed E-state index contributed by atoms with van der Waals surface area (Å²) in [6.07, 6.45) is 1.04. The van der Waals surface area contributed by atoms with Gasteiger partial charge in [-0.3, -0.25) is 13.9 Å². The Morgan fingerprint density at radius 1 is 1.12 bits per heavy atom. The fraction of sp³-hybridized carbons (Fsp3) is 0.391. The summed E-state index contributed by atoms with van der Waals surface area (Å²) in [4.78, 5) is 27.4. The highest BCUT2D eigenvalue weighted by Gasteiger charge is 2.30. The smallest absolute Gasteiger partial charge is 0.244 e. The molecule has 32 heavy (non-hydrogen) atoms. The van der Waals surface area contributed by atoms with E-state index in [2.05, 4.69) is 5.32 Å². The molecule has 0 aliphatic rings. The minimum Gasteiger partial charge on any atom is -0.355 e. The number of amides is 2. The number of nitrogens with one attached hydrogen (secondary N) is 1. The Labute approximate surface area is 195 Å². The van der Waals surface area contributed by atoms with Gasteiger partial charge < -0.3 is 10.2 Å². The Morgan fingerprint density at radius 2 is 1.78 bits per heavy atom. The molecule has 9 heteroatoms. The van der Waals surface area contributed by atoms with E-state index in [1.165, 1.54) is 4.90 Å². The van der Waals surface area contributed by atoms with Gasteiger partial charge in [-0.2, -0.15) is 0 Å². The molecular formula is C23H30ClN3O4S. The lowest BCUT2D eigenvalue weighted by Crippen LogP contribution is -2.51. The summed E-state index contributed by atoms with van der Waals surface area (Å²) in [6, 6.07) is 11.7. The van der Waals surface area contributed by atoms with Crippen LogP contribution in [0.5, 0.6) is 0 Å². The molecule has 2 aromatic carbocycles. The van der Waals surface area contributed by atoms with Crippen LogP contribution in [0.15, 0.2) is 42.5 Å². The van der Waals surface area contributed by atoms with Gasteiger partial charge in [0.25, 0.3) is 0 Å². The molecule has 0 aliphatic carbocycles. The molecule has 0 heterocycles. The molecule has 0 saturated carbocycles. The molecule has 2 aromatic rings. The van der Waals surface area contributed by atoms with Crippen molar-refractivity contribution in [3.63, 3.8) is 0 Å². The Morgan fingerprint density at radius 3 is 2.38 bits per heavy atom. The van der Waals surface area contributed by atoms with Crippen molar-refractivity contribution in [3.05, 3.63) is 64.2 Å². The lowest BCUT2D eigenvalue weighted by atomic mass is 10.1. The van der Waals surface area contributed by atoms with E-state index in [9.17, 15) is 18.0 Å². The fourth-order valence-corrected chi connectivity index (χ4v) is 4.44. The zero-order chi connectivity index (χ0) is 24.1. The normalized spacial score (nSPS) is 12.2. The van der Waals surface area contributed by atoms with E-state index in [0.717, 1.165) is 21.7 Å². The number of hydrogen-bond donors (Lipinski definition) is 1. The number of anilines is 1. The number of benzene rings is 2. The van der Waals surface area contributed by atoms with Gasteiger partial charge >= 0.3 is 0 Å². The van der Waals surface area contributed by atoms with Gasteiger partial charge in [-0.05, 0) is 51.0 Å². The number of rotatable bonds is 9. The van der Waals surface area contributed by atoms with Gasteiger partial charge in [0.1, 0.15) is 12.6 Å². The second kappa shape index (κ2) is 10.8. The van der Waals surface area contributed by atoms with Crippen molar-refractivity contribution >= 4 is 39.1 Å². The Balaban J connectivity index is 2.43. The van der Waals surface area contributed by atoms with E-state index in [0.29, 0.717) is 22.8 Å². The highest BCUT2D eigenvalue weighted by atomic mass is 35.5. The Hall–Kier alpha value is -2.58. The summed E-state index contributed by atoms with van der Waals surface area (Å²) in [6.45, 7) is 7.21. The highest BCUT2D eigenvalue weighted by molar-refractivity contribution is 7.92. The van der Waals surface area contributed by atoms with Gasteiger partial charge in [-0.15, -0.1) is 0 Å². The van der Waals surface area contributed by atoms with Crippen LogP contribution in [0.4, 0.5) is 5.69 Å². The molecule has 0 radical (unpaired) electrons. The Kier molecular flexibility index (Phi) is 8.69. The zero-order valence-corrected chi connectivity index (χ0v) is 20.6. The topological polar surface area (TPSA) is 86.8 Å². The predicted molar refractivity (Wildman–Crippen MR) is 128 cm³/mol. The van der Waals surface area contributed by atoms with E-state index in [-0.39, 0.29) is 12.5 Å². The minimum absolute atomic E-state index is 0.172. The molecule has 0 fully saturated rings. The van der Waals surface area contributed by atoms with E-state index < -0.39 is 28.5 Å². The van der Waals surface area contributed by atoms with E-state index >= 15 is 0 Å². The van der Waals surface area contributed by atoms with Crippen molar-refractivity contribution in [2.24, 2.45) is 0 Å². The van der Waals surface area contributed by atoms with Gasteiger partial charge in [0.15, 0.2) is 0 Å². The highest BCUT2D eigenvalue weighted by Crippen LogP contribution is 2.28. The molecule has 7 nitrogen and oxygen atoms in total. The second-order valence-electron chi connectivity index (χ2n) is 7.73. The zero-order valence-electron chi connectivity index (χ0n) is 19.1. The van der Waals surface area contributed by atoms with Gasteiger partial charge in [-0.25, -0.2) is 8.42 Å². The SMILES string of the molecule is CCNC(=O)[C@H](C)N(Cc1cccc(C)c1)C(=O)CN(c1cccc(Cl)c1C)S(C)(=O)=O. The minimum atomic E-state index is -3.79. The van der Waals surface area contributed by atoms with Crippen LogP contribution in [-0.2, 0) is 26.2 Å². The molecule has 0 unspecified atom stereocenters. The summed E-state index contributed by atoms with van der Waals surface area (Å²) in [5, 5.41) is 3.13. The van der Waals surface area contributed by atoms with Crippen LogP contribution >= 0.6 is 11.6 Å². The molecule has 2 rings (SSSR count). The van der Waals surface area contributed by atoms with Crippen LogP contribution in [0.3, 0.4) is 0 Å². The third-order valence-corrected chi connectivity index (χ3v) is 6.68. The fourth-order valence-electron chi connectivity index (χ4n) is 3.37. The largest absolute Gasteiger partial charge is 0.355 e. The molecule has 2 amide bonds. The van der Waals surface area contributed by atoms with Crippen LogP contribution in [0.1, 0.15) is 30.5 Å². The maximum absolute atomic E-state index is 13.4. The van der Waals surface area contributed by atoms with Gasteiger partial charge in [0.2, 0.25) is 21.8 Å². The van der Waals surface area contributed by atoms with E-state index in [1.54, 1.807) is 39.0 Å². The second-order valence-corrected chi connectivity index (χ2v) is 10.0. The quantitative estimate of drug-likeness (QED) is 0.598. The van der Waals surface area contributed by atoms with E-state index in [4.69, 9.17) is 11.6 Å². The molecule has 1 atom stereocenters. The van der Waals surface area contributed by atoms with E-state index in [1.807, 2.05) is 31.2 Å². The van der Waals surface area contributed by atoms with Crippen LogP contribution in [-0.4, -0.2) is 50.5 Å². The maximum Gasteiger partial charge on any atom is 0.244 e. The van der Waals surface area contributed by atoms with Gasteiger partial charge in [0.05, 0.1) is 11.9 Å². The molecule has 174 valence electrons. The summed E-state index contributed by atoms with van der Waals surface area (Å²) in [5.41, 5.74) is 2.75. The number of carbonyl (C=O) groups is 2. The number of hydrogen-bond acceptors (Lipinski definition) is 4. The van der Waals surface area contributed by atoms with Crippen LogP contribution in [0.25, 0.3) is 0 Å².